The van der Waals surface area contributed by atoms with Crippen LogP contribution in [0.15, 0.2) is 35.9 Å². The van der Waals surface area contributed by atoms with Crippen LogP contribution in [0.25, 0.3) is 10.9 Å². The van der Waals surface area contributed by atoms with E-state index in [2.05, 4.69) is 29.9 Å². The Balaban J connectivity index is 2.05. The average molecular weight is 284 g/mol. The van der Waals surface area contributed by atoms with E-state index in [0.29, 0.717) is 18.2 Å². The Labute approximate surface area is 124 Å². The van der Waals surface area contributed by atoms with Gasteiger partial charge in [0.2, 0.25) is 0 Å². The van der Waals surface area contributed by atoms with Gasteiger partial charge in [-0.25, -0.2) is 4.79 Å². The number of fused-ring (bicyclic) bond motifs is 1. The van der Waals surface area contributed by atoms with Gasteiger partial charge in [0, 0.05) is 23.5 Å². The smallest absolute Gasteiger partial charge is 0.352 e. The summed E-state index contributed by atoms with van der Waals surface area (Å²) in [6.45, 7) is 3.24. The van der Waals surface area contributed by atoms with E-state index in [1.807, 2.05) is 24.3 Å². The van der Waals surface area contributed by atoms with E-state index in [9.17, 15) is 9.90 Å². The van der Waals surface area contributed by atoms with Crippen LogP contribution in [0.2, 0.25) is 0 Å². The number of rotatable bonds is 3. The van der Waals surface area contributed by atoms with Crippen molar-refractivity contribution in [3.63, 3.8) is 0 Å². The lowest BCUT2D eigenvalue weighted by molar-refractivity contribution is 0.0690. The van der Waals surface area contributed by atoms with Crippen LogP contribution in [-0.2, 0) is 6.42 Å². The second-order valence-corrected chi connectivity index (χ2v) is 5.73. The fraction of sp³-hybridized carbons (Fsp3) is 0.353. The topological polar surface area (TPSA) is 56.3 Å². The van der Waals surface area contributed by atoms with E-state index in [0.717, 1.165) is 29.4 Å². The minimum Gasteiger partial charge on any atom is -0.477 e. The molecule has 0 saturated carbocycles. The highest BCUT2D eigenvalue weighted by molar-refractivity contribution is 5.97. The molecule has 2 aromatic rings. The van der Waals surface area contributed by atoms with E-state index < -0.39 is 5.97 Å². The fourth-order valence-corrected chi connectivity index (χ4v) is 3.09. The molecule has 0 aliphatic carbocycles. The van der Waals surface area contributed by atoms with Gasteiger partial charge >= 0.3 is 5.97 Å². The predicted octanol–water partition coefficient (Wildman–Crippen LogP) is 3.06. The van der Waals surface area contributed by atoms with Gasteiger partial charge in [0.25, 0.3) is 0 Å². The summed E-state index contributed by atoms with van der Waals surface area (Å²) in [5.74, 6) is -0.890. The second kappa shape index (κ2) is 5.37. The molecule has 21 heavy (non-hydrogen) atoms. The predicted molar refractivity (Wildman–Crippen MR) is 83.8 cm³/mol. The maximum absolute atomic E-state index is 11.5. The van der Waals surface area contributed by atoms with Crippen LogP contribution < -0.4 is 0 Å². The van der Waals surface area contributed by atoms with Crippen molar-refractivity contribution in [2.24, 2.45) is 0 Å². The standard InChI is InChI=1S/C17H20N2O2/c1-11-12(6-5-9-19(11)2)10-14-13-7-3-4-8-15(13)18-16(14)17(20)21/h3-4,6-8,11,18H,5,9-10H2,1-2H3,(H,20,21). The van der Waals surface area contributed by atoms with Crippen LogP contribution in [0.5, 0.6) is 0 Å². The summed E-state index contributed by atoms with van der Waals surface area (Å²) in [5, 5.41) is 10.5. The zero-order valence-electron chi connectivity index (χ0n) is 12.4. The Hall–Kier alpha value is -2.07. The number of hydrogen-bond acceptors (Lipinski definition) is 2. The van der Waals surface area contributed by atoms with Gasteiger partial charge in [-0.3, -0.25) is 4.90 Å². The SMILES string of the molecule is CC1C(Cc2c(C(=O)O)[nH]c3ccccc23)=CCCN1C. The molecular weight excluding hydrogens is 264 g/mol. The number of carbonyl (C=O) groups is 1. The van der Waals surface area contributed by atoms with Crippen molar-refractivity contribution in [2.45, 2.75) is 25.8 Å². The van der Waals surface area contributed by atoms with Gasteiger partial charge < -0.3 is 10.1 Å². The van der Waals surface area contributed by atoms with Crippen molar-refractivity contribution in [3.05, 3.63) is 47.2 Å². The summed E-state index contributed by atoms with van der Waals surface area (Å²) in [5.41, 5.74) is 3.40. The molecule has 1 unspecified atom stereocenters. The zero-order valence-corrected chi connectivity index (χ0v) is 12.4. The first-order valence-electron chi connectivity index (χ1n) is 7.30. The molecule has 4 heteroatoms. The lowest BCUT2D eigenvalue weighted by Crippen LogP contribution is -2.35. The number of para-hydroxylation sites is 1. The third-order valence-electron chi connectivity index (χ3n) is 4.49. The largest absolute Gasteiger partial charge is 0.477 e. The molecule has 1 aromatic carbocycles. The van der Waals surface area contributed by atoms with Gasteiger partial charge in [0.15, 0.2) is 0 Å². The van der Waals surface area contributed by atoms with Gasteiger partial charge in [-0.2, -0.15) is 0 Å². The highest BCUT2D eigenvalue weighted by Gasteiger charge is 2.23. The monoisotopic (exact) mass is 284 g/mol. The molecule has 0 bridgehead atoms. The molecule has 2 heterocycles. The molecule has 1 atom stereocenters. The van der Waals surface area contributed by atoms with Crippen molar-refractivity contribution in [3.8, 4) is 0 Å². The number of nitrogens with zero attached hydrogens (tertiary/aromatic N) is 1. The van der Waals surface area contributed by atoms with Gasteiger partial charge in [-0.15, -0.1) is 0 Å². The van der Waals surface area contributed by atoms with Crippen LogP contribution in [0, 0.1) is 0 Å². The lowest BCUT2D eigenvalue weighted by Gasteiger charge is -2.31. The molecule has 4 nitrogen and oxygen atoms in total. The second-order valence-electron chi connectivity index (χ2n) is 5.73. The molecule has 0 radical (unpaired) electrons. The van der Waals surface area contributed by atoms with E-state index in [1.165, 1.54) is 5.57 Å². The molecule has 1 aliphatic rings. The number of H-pyrrole nitrogens is 1. The first-order chi connectivity index (χ1) is 10.1. The summed E-state index contributed by atoms with van der Waals surface area (Å²) in [6, 6.07) is 8.15. The Bertz CT molecular complexity index is 715. The number of aromatic carboxylic acids is 1. The normalized spacial score (nSPS) is 19.7. The molecule has 2 N–H and O–H groups in total. The third-order valence-corrected chi connectivity index (χ3v) is 4.49. The molecule has 3 rings (SSSR count). The number of aromatic amines is 1. The van der Waals surface area contributed by atoms with Crippen molar-refractivity contribution in [1.82, 2.24) is 9.88 Å². The summed E-state index contributed by atoms with van der Waals surface area (Å²) in [4.78, 5) is 16.9. The minimum absolute atomic E-state index is 0.317. The van der Waals surface area contributed by atoms with Crippen molar-refractivity contribution in [2.75, 3.05) is 13.6 Å². The van der Waals surface area contributed by atoms with Crippen molar-refractivity contribution in [1.29, 1.82) is 0 Å². The van der Waals surface area contributed by atoms with Crippen LogP contribution >= 0.6 is 0 Å². The fourth-order valence-electron chi connectivity index (χ4n) is 3.09. The Morgan fingerprint density at radius 1 is 1.43 bits per heavy atom. The van der Waals surface area contributed by atoms with Crippen molar-refractivity contribution >= 4 is 16.9 Å². The third kappa shape index (κ3) is 2.47. The maximum atomic E-state index is 11.5. The Morgan fingerprint density at radius 2 is 2.19 bits per heavy atom. The van der Waals surface area contributed by atoms with Crippen LogP contribution in [0.3, 0.4) is 0 Å². The summed E-state index contributed by atoms with van der Waals surface area (Å²) in [7, 11) is 2.12. The first-order valence-corrected chi connectivity index (χ1v) is 7.30. The number of hydrogen-bond donors (Lipinski definition) is 2. The summed E-state index contributed by atoms with van der Waals surface area (Å²) < 4.78 is 0. The lowest BCUT2D eigenvalue weighted by atomic mass is 9.93. The highest BCUT2D eigenvalue weighted by Crippen LogP contribution is 2.28. The van der Waals surface area contributed by atoms with Gasteiger partial charge in [0.05, 0.1) is 0 Å². The highest BCUT2D eigenvalue weighted by atomic mass is 16.4. The molecule has 110 valence electrons. The number of likely N-dealkylation sites (N-methyl/N-ethyl adjacent to an activating group) is 1. The van der Waals surface area contributed by atoms with Gasteiger partial charge in [-0.1, -0.05) is 29.8 Å². The van der Waals surface area contributed by atoms with E-state index in [1.54, 1.807) is 0 Å². The zero-order chi connectivity index (χ0) is 15.0. The van der Waals surface area contributed by atoms with Crippen molar-refractivity contribution < 1.29 is 9.90 Å². The molecule has 1 aliphatic heterocycles. The molecular formula is C17H20N2O2. The number of carboxylic acids is 1. The molecule has 0 spiro atoms. The Kier molecular flexibility index (Phi) is 3.55. The minimum atomic E-state index is -0.890. The van der Waals surface area contributed by atoms with Crippen LogP contribution in [0.1, 0.15) is 29.4 Å². The van der Waals surface area contributed by atoms with E-state index >= 15 is 0 Å². The Morgan fingerprint density at radius 3 is 2.95 bits per heavy atom. The quantitative estimate of drug-likeness (QED) is 0.852. The van der Waals surface area contributed by atoms with E-state index in [-0.39, 0.29) is 0 Å². The molecule has 0 saturated heterocycles. The number of carboxylic acid groups (broad SMARTS) is 1. The summed E-state index contributed by atoms with van der Waals surface area (Å²) >= 11 is 0. The first kappa shape index (κ1) is 13.9. The summed E-state index contributed by atoms with van der Waals surface area (Å²) in [6.07, 6.45) is 3.98. The van der Waals surface area contributed by atoms with Gasteiger partial charge in [-0.05, 0) is 38.4 Å². The van der Waals surface area contributed by atoms with E-state index in [4.69, 9.17) is 0 Å². The molecule has 0 amide bonds. The number of benzene rings is 1. The molecule has 1 aromatic heterocycles. The molecule has 0 fully saturated rings. The van der Waals surface area contributed by atoms with Crippen LogP contribution in [-0.4, -0.2) is 40.6 Å². The number of nitrogens with one attached hydrogen (secondary N) is 1. The average Bonchev–Trinajstić information content (AvgIpc) is 2.83. The van der Waals surface area contributed by atoms with Crippen LogP contribution in [0.4, 0.5) is 0 Å². The maximum Gasteiger partial charge on any atom is 0.352 e. The van der Waals surface area contributed by atoms with Gasteiger partial charge in [0.1, 0.15) is 5.69 Å². The number of aromatic nitrogens is 1.